The van der Waals surface area contributed by atoms with E-state index in [9.17, 15) is 4.79 Å². The SMILES string of the molecule is COCCNC(=O)C[C@@H](c1cccc(Cl)c1)c1cn(Cc2ccccc2)c2ccccc12. The summed E-state index contributed by atoms with van der Waals surface area (Å²) >= 11 is 6.32. The van der Waals surface area contributed by atoms with Crippen molar-refractivity contribution in [3.8, 4) is 0 Å². The lowest BCUT2D eigenvalue weighted by Crippen LogP contribution is -2.28. The zero-order valence-electron chi connectivity index (χ0n) is 18.1. The van der Waals surface area contributed by atoms with E-state index in [1.807, 2.05) is 36.4 Å². The van der Waals surface area contributed by atoms with Gasteiger partial charge >= 0.3 is 0 Å². The van der Waals surface area contributed by atoms with E-state index in [4.69, 9.17) is 16.3 Å². The number of benzene rings is 3. The summed E-state index contributed by atoms with van der Waals surface area (Å²) in [5, 5.41) is 4.78. The van der Waals surface area contributed by atoms with Crippen LogP contribution in [-0.2, 0) is 16.1 Å². The summed E-state index contributed by atoms with van der Waals surface area (Å²) in [6.07, 6.45) is 2.52. The number of rotatable bonds is 9. The van der Waals surface area contributed by atoms with Gasteiger partial charge in [-0.1, -0.05) is 72.3 Å². The van der Waals surface area contributed by atoms with Crippen molar-refractivity contribution in [2.24, 2.45) is 0 Å². The number of carbonyl (C=O) groups is 1. The number of fused-ring (bicyclic) bond motifs is 1. The van der Waals surface area contributed by atoms with Gasteiger partial charge in [0.25, 0.3) is 0 Å². The molecule has 0 aliphatic carbocycles. The van der Waals surface area contributed by atoms with Gasteiger partial charge < -0.3 is 14.6 Å². The van der Waals surface area contributed by atoms with Crippen LogP contribution in [0.2, 0.25) is 5.02 Å². The Morgan fingerprint density at radius 3 is 2.59 bits per heavy atom. The fourth-order valence-corrected chi connectivity index (χ4v) is 4.34. The third kappa shape index (κ3) is 5.21. The maximum absolute atomic E-state index is 12.8. The molecular weight excluding hydrogens is 420 g/mol. The van der Waals surface area contributed by atoms with Crippen LogP contribution < -0.4 is 5.32 Å². The van der Waals surface area contributed by atoms with Crippen molar-refractivity contribution in [1.82, 2.24) is 9.88 Å². The van der Waals surface area contributed by atoms with E-state index in [1.165, 1.54) is 5.56 Å². The van der Waals surface area contributed by atoms with Gasteiger partial charge in [-0.2, -0.15) is 0 Å². The predicted octanol–water partition coefficient (Wildman–Crippen LogP) is 5.63. The first-order valence-electron chi connectivity index (χ1n) is 10.8. The molecule has 0 aliphatic heterocycles. The molecule has 1 aromatic heterocycles. The zero-order chi connectivity index (χ0) is 22.3. The third-order valence-electron chi connectivity index (χ3n) is 5.66. The van der Waals surface area contributed by atoms with Crippen LogP contribution >= 0.6 is 11.6 Å². The lowest BCUT2D eigenvalue weighted by Gasteiger charge is -2.17. The average molecular weight is 447 g/mol. The van der Waals surface area contributed by atoms with Gasteiger partial charge in [0.05, 0.1) is 6.61 Å². The van der Waals surface area contributed by atoms with Gasteiger partial charge in [-0.3, -0.25) is 4.79 Å². The topological polar surface area (TPSA) is 43.3 Å². The number of amides is 1. The molecule has 3 aromatic carbocycles. The normalized spacial score (nSPS) is 12.1. The number of nitrogens with zero attached hydrogens (tertiary/aromatic N) is 1. The van der Waals surface area contributed by atoms with Crippen LogP contribution in [0, 0.1) is 0 Å². The quantitative estimate of drug-likeness (QED) is 0.339. The van der Waals surface area contributed by atoms with Crippen LogP contribution in [0.4, 0.5) is 0 Å². The van der Waals surface area contributed by atoms with Crippen molar-refractivity contribution in [2.45, 2.75) is 18.9 Å². The third-order valence-corrected chi connectivity index (χ3v) is 5.89. The molecule has 1 amide bonds. The number of ether oxygens (including phenoxy) is 1. The monoisotopic (exact) mass is 446 g/mol. The summed E-state index contributed by atoms with van der Waals surface area (Å²) in [7, 11) is 1.63. The van der Waals surface area contributed by atoms with E-state index in [0.29, 0.717) is 24.6 Å². The van der Waals surface area contributed by atoms with Crippen molar-refractivity contribution < 1.29 is 9.53 Å². The molecule has 0 bridgehead atoms. The van der Waals surface area contributed by atoms with E-state index in [0.717, 1.165) is 28.6 Å². The van der Waals surface area contributed by atoms with Crippen LogP contribution in [0.25, 0.3) is 10.9 Å². The molecule has 0 spiro atoms. The molecule has 164 valence electrons. The molecule has 1 atom stereocenters. The predicted molar refractivity (Wildman–Crippen MR) is 130 cm³/mol. The summed E-state index contributed by atoms with van der Waals surface area (Å²) in [5.41, 5.74) is 4.54. The number of aromatic nitrogens is 1. The molecule has 5 heteroatoms. The second kappa shape index (κ2) is 10.5. The number of methoxy groups -OCH3 is 1. The van der Waals surface area contributed by atoms with Gasteiger partial charge in [0.15, 0.2) is 0 Å². The lowest BCUT2D eigenvalue weighted by atomic mass is 9.88. The molecule has 4 rings (SSSR count). The van der Waals surface area contributed by atoms with Gasteiger partial charge in [0.1, 0.15) is 0 Å². The molecule has 32 heavy (non-hydrogen) atoms. The summed E-state index contributed by atoms with van der Waals surface area (Å²) in [6, 6.07) is 26.6. The summed E-state index contributed by atoms with van der Waals surface area (Å²) in [4.78, 5) is 12.8. The molecule has 0 aliphatic rings. The Labute approximate surface area is 193 Å². The Kier molecular flexibility index (Phi) is 7.25. The number of hydrogen-bond acceptors (Lipinski definition) is 2. The standard InChI is InChI=1S/C27H27ClN2O2/c1-32-15-14-29-27(31)17-24(21-10-7-11-22(28)16-21)25-19-30(18-20-8-3-2-4-9-20)26-13-6-5-12-23(25)26/h2-13,16,19,24H,14-15,17-18H2,1H3,(H,29,31)/t24-/m0/s1. The zero-order valence-corrected chi connectivity index (χ0v) is 18.9. The maximum atomic E-state index is 12.8. The number of carbonyl (C=O) groups excluding carboxylic acids is 1. The summed E-state index contributed by atoms with van der Waals surface area (Å²) in [6.45, 7) is 1.75. The Bertz CT molecular complexity index is 1190. The molecule has 1 heterocycles. The van der Waals surface area contributed by atoms with E-state index in [1.54, 1.807) is 7.11 Å². The van der Waals surface area contributed by atoms with Crippen LogP contribution in [0.15, 0.2) is 85.1 Å². The Morgan fingerprint density at radius 1 is 1.03 bits per heavy atom. The second-order valence-corrected chi connectivity index (χ2v) is 8.31. The van der Waals surface area contributed by atoms with Crippen LogP contribution in [-0.4, -0.2) is 30.7 Å². The molecule has 1 N–H and O–H groups in total. The minimum Gasteiger partial charge on any atom is -0.383 e. The highest BCUT2D eigenvalue weighted by molar-refractivity contribution is 6.30. The first kappa shape index (κ1) is 22.1. The van der Waals surface area contributed by atoms with Crippen molar-refractivity contribution in [2.75, 3.05) is 20.3 Å². The smallest absolute Gasteiger partial charge is 0.221 e. The van der Waals surface area contributed by atoms with Gasteiger partial charge in [-0.15, -0.1) is 0 Å². The highest BCUT2D eigenvalue weighted by atomic mass is 35.5. The minimum absolute atomic E-state index is 0.00749. The van der Waals surface area contributed by atoms with Crippen molar-refractivity contribution in [3.63, 3.8) is 0 Å². The van der Waals surface area contributed by atoms with E-state index in [-0.39, 0.29) is 11.8 Å². The van der Waals surface area contributed by atoms with Crippen LogP contribution in [0.5, 0.6) is 0 Å². The number of nitrogens with one attached hydrogen (secondary N) is 1. The number of para-hydroxylation sites is 1. The Morgan fingerprint density at radius 2 is 1.81 bits per heavy atom. The maximum Gasteiger partial charge on any atom is 0.221 e. The average Bonchev–Trinajstić information content (AvgIpc) is 3.16. The molecule has 0 unspecified atom stereocenters. The van der Waals surface area contributed by atoms with Crippen LogP contribution in [0.1, 0.15) is 29.0 Å². The van der Waals surface area contributed by atoms with Gasteiger partial charge in [0.2, 0.25) is 5.91 Å². The lowest BCUT2D eigenvalue weighted by molar-refractivity contribution is -0.121. The van der Waals surface area contributed by atoms with Gasteiger partial charge in [-0.05, 0) is 34.9 Å². The second-order valence-electron chi connectivity index (χ2n) is 7.87. The van der Waals surface area contributed by atoms with Crippen molar-refractivity contribution >= 4 is 28.4 Å². The highest BCUT2D eigenvalue weighted by Crippen LogP contribution is 2.36. The molecule has 0 saturated carbocycles. The largest absolute Gasteiger partial charge is 0.383 e. The molecule has 0 radical (unpaired) electrons. The molecular formula is C27H27ClN2O2. The molecule has 0 fully saturated rings. The fraction of sp³-hybridized carbons (Fsp3) is 0.222. The molecule has 4 nitrogen and oxygen atoms in total. The Hall–Kier alpha value is -3.08. The minimum atomic E-state index is -0.113. The molecule has 0 saturated heterocycles. The van der Waals surface area contributed by atoms with E-state index >= 15 is 0 Å². The molecule has 4 aromatic rings. The first-order chi connectivity index (χ1) is 15.7. The fourth-order valence-electron chi connectivity index (χ4n) is 4.14. The summed E-state index contributed by atoms with van der Waals surface area (Å²) in [5.74, 6) is -0.120. The van der Waals surface area contributed by atoms with Crippen LogP contribution in [0.3, 0.4) is 0 Å². The first-order valence-corrected chi connectivity index (χ1v) is 11.2. The van der Waals surface area contributed by atoms with Crippen molar-refractivity contribution in [3.05, 3.63) is 107 Å². The number of halogens is 1. The van der Waals surface area contributed by atoms with Crippen molar-refractivity contribution in [1.29, 1.82) is 0 Å². The highest BCUT2D eigenvalue weighted by Gasteiger charge is 2.23. The summed E-state index contributed by atoms with van der Waals surface area (Å²) < 4.78 is 7.33. The Balaban J connectivity index is 1.74. The van der Waals surface area contributed by atoms with E-state index < -0.39 is 0 Å². The van der Waals surface area contributed by atoms with Gasteiger partial charge in [0, 0.05) is 54.7 Å². The van der Waals surface area contributed by atoms with E-state index in [2.05, 4.69) is 58.5 Å². The number of hydrogen-bond donors (Lipinski definition) is 1. The van der Waals surface area contributed by atoms with Gasteiger partial charge in [-0.25, -0.2) is 0 Å².